The number of nitrogens with one attached hydrogen (secondary N) is 1. The molecule has 1 heterocycles. The predicted molar refractivity (Wildman–Crippen MR) is 89.5 cm³/mol. The van der Waals surface area contributed by atoms with Crippen LogP contribution in [0.3, 0.4) is 0 Å². The number of likely N-dealkylation sites (tertiary alicyclic amines) is 1. The number of nitrogens with zero attached hydrogens (tertiary/aromatic N) is 1. The van der Waals surface area contributed by atoms with Gasteiger partial charge in [-0.2, -0.15) is 0 Å². The highest BCUT2D eigenvalue weighted by Gasteiger charge is 2.40. The standard InChI is InChI=1S/C18H36N2O/c1-4-9-19-13-18(8-5-6-15(2)11-18)14-20-10-7-16(3)17(20)12-21/h15-17,19,21H,4-14H2,1-3H3. The number of hydrogen-bond donors (Lipinski definition) is 2. The molecule has 4 atom stereocenters. The molecule has 1 saturated carbocycles. The van der Waals surface area contributed by atoms with Gasteiger partial charge in [-0.15, -0.1) is 0 Å². The van der Waals surface area contributed by atoms with E-state index < -0.39 is 0 Å². The summed E-state index contributed by atoms with van der Waals surface area (Å²) in [5, 5.41) is 13.4. The lowest BCUT2D eigenvalue weighted by atomic mass is 9.69. The van der Waals surface area contributed by atoms with Gasteiger partial charge >= 0.3 is 0 Å². The van der Waals surface area contributed by atoms with Crippen molar-refractivity contribution in [1.82, 2.24) is 10.2 Å². The molecule has 1 aliphatic heterocycles. The fourth-order valence-electron chi connectivity index (χ4n) is 4.67. The van der Waals surface area contributed by atoms with Crippen LogP contribution in [0.15, 0.2) is 0 Å². The molecule has 3 heteroatoms. The minimum absolute atomic E-state index is 0.329. The zero-order valence-corrected chi connectivity index (χ0v) is 14.4. The topological polar surface area (TPSA) is 35.5 Å². The minimum Gasteiger partial charge on any atom is -0.395 e. The highest BCUT2D eigenvalue weighted by Crippen LogP contribution is 2.41. The summed E-state index contributed by atoms with van der Waals surface area (Å²) >= 11 is 0. The molecular weight excluding hydrogens is 260 g/mol. The Morgan fingerprint density at radius 2 is 2.10 bits per heavy atom. The molecule has 0 aromatic carbocycles. The zero-order chi connectivity index (χ0) is 15.3. The molecule has 2 rings (SSSR count). The van der Waals surface area contributed by atoms with Crippen molar-refractivity contribution in [2.45, 2.75) is 65.3 Å². The lowest BCUT2D eigenvalue weighted by molar-refractivity contribution is 0.0519. The Labute approximate surface area is 131 Å². The number of rotatable bonds is 7. The summed E-state index contributed by atoms with van der Waals surface area (Å²) in [4.78, 5) is 2.59. The first-order valence-corrected chi connectivity index (χ1v) is 9.16. The van der Waals surface area contributed by atoms with Crippen molar-refractivity contribution in [3.05, 3.63) is 0 Å². The third kappa shape index (κ3) is 4.43. The highest BCUT2D eigenvalue weighted by atomic mass is 16.3. The summed E-state index contributed by atoms with van der Waals surface area (Å²) in [6, 6.07) is 0.394. The van der Waals surface area contributed by atoms with Gasteiger partial charge in [-0.25, -0.2) is 0 Å². The second-order valence-corrected chi connectivity index (χ2v) is 7.86. The summed E-state index contributed by atoms with van der Waals surface area (Å²) in [6.45, 7) is 11.9. The van der Waals surface area contributed by atoms with E-state index in [9.17, 15) is 5.11 Å². The highest BCUT2D eigenvalue weighted by molar-refractivity contribution is 4.94. The Bertz CT molecular complexity index is 310. The molecule has 1 aliphatic carbocycles. The van der Waals surface area contributed by atoms with Gasteiger partial charge in [0.2, 0.25) is 0 Å². The van der Waals surface area contributed by atoms with Crippen molar-refractivity contribution in [3.63, 3.8) is 0 Å². The fraction of sp³-hybridized carbons (Fsp3) is 1.00. The Kier molecular flexibility index (Phi) is 6.51. The molecule has 2 fully saturated rings. The second-order valence-electron chi connectivity index (χ2n) is 7.86. The van der Waals surface area contributed by atoms with Gasteiger partial charge in [-0.1, -0.05) is 33.6 Å². The quantitative estimate of drug-likeness (QED) is 0.709. The van der Waals surface area contributed by atoms with Gasteiger partial charge in [0.1, 0.15) is 0 Å². The lowest BCUT2D eigenvalue weighted by Crippen LogP contribution is -2.49. The molecule has 2 N–H and O–H groups in total. The first kappa shape index (κ1) is 17.2. The van der Waals surface area contributed by atoms with Gasteiger partial charge in [-0.3, -0.25) is 4.90 Å². The Balaban J connectivity index is 2.01. The van der Waals surface area contributed by atoms with Crippen LogP contribution in [-0.2, 0) is 0 Å². The smallest absolute Gasteiger partial charge is 0.0589 e. The maximum Gasteiger partial charge on any atom is 0.0589 e. The van der Waals surface area contributed by atoms with E-state index in [0.29, 0.717) is 24.0 Å². The van der Waals surface area contributed by atoms with Crippen LogP contribution in [0.4, 0.5) is 0 Å². The van der Waals surface area contributed by atoms with Gasteiger partial charge in [0, 0.05) is 19.1 Å². The van der Waals surface area contributed by atoms with Crippen molar-refractivity contribution in [3.8, 4) is 0 Å². The van der Waals surface area contributed by atoms with Crippen molar-refractivity contribution in [2.24, 2.45) is 17.3 Å². The van der Waals surface area contributed by atoms with E-state index in [4.69, 9.17) is 0 Å². The van der Waals surface area contributed by atoms with E-state index in [1.165, 1.54) is 51.6 Å². The molecule has 124 valence electrons. The third-order valence-corrected chi connectivity index (χ3v) is 5.84. The minimum atomic E-state index is 0.329. The van der Waals surface area contributed by atoms with Crippen LogP contribution in [0.2, 0.25) is 0 Å². The van der Waals surface area contributed by atoms with Crippen LogP contribution < -0.4 is 5.32 Å². The van der Waals surface area contributed by atoms with Crippen molar-refractivity contribution in [2.75, 3.05) is 32.8 Å². The van der Waals surface area contributed by atoms with Crippen LogP contribution in [0.5, 0.6) is 0 Å². The molecule has 0 radical (unpaired) electrons. The summed E-state index contributed by atoms with van der Waals surface area (Å²) in [6.07, 6.45) is 7.95. The van der Waals surface area contributed by atoms with E-state index in [2.05, 4.69) is 31.0 Å². The molecule has 0 amide bonds. The van der Waals surface area contributed by atoms with Crippen LogP contribution in [0, 0.1) is 17.3 Å². The number of aliphatic hydroxyl groups excluding tert-OH is 1. The fourth-order valence-corrected chi connectivity index (χ4v) is 4.67. The molecule has 0 spiro atoms. The molecule has 2 aliphatic rings. The van der Waals surface area contributed by atoms with Crippen molar-refractivity contribution in [1.29, 1.82) is 0 Å². The van der Waals surface area contributed by atoms with Gasteiger partial charge in [0.05, 0.1) is 6.61 Å². The van der Waals surface area contributed by atoms with E-state index in [1.807, 2.05) is 0 Å². The Morgan fingerprint density at radius 3 is 2.76 bits per heavy atom. The van der Waals surface area contributed by atoms with Crippen LogP contribution >= 0.6 is 0 Å². The molecule has 3 nitrogen and oxygen atoms in total. The second kappa shape index (κ2) is 7.94. The van der Waals surface area contributed by atoms with Crippen LogP contribution in [0.1, 0.15) is 59.3 Å². The van der Waals surface area contributed by atoms with Crippen LogP contribution in [0.25, 0.3) is 0 Å². The molecule has 0 bridgehead atoms. The van der Waals surface area contributed by atoms with Gasteiger partial charge in [0.15, 0.2) is 0 Å². The van der Waals surface area contributed by atoms with Crippen LogP contribution in [-0.4, -0.2) is 48.8 Å². The van der Waals surface area contributed by atoms with Crippen molar-refractivity contribution >= 4 is 0 Å². The molecule has 1 saturated heterocycles. The number of hydrogen-bond acceptors (Lipinski definition) is 3. The predicted octanol–water partition coefficient (Wildman–Crippen LogP) is 2.89. The zero-order valence-electron chi connectivity index (χ0n) is 14.4. The van der Waals surface area contributed by atoms with E-state index in [-0.39, 0.29) is 0 Å². The summed E-state index contributed by atoms with van der Waals surface area (Å²) < 4.78 is 0. The van der Waals surface area contributed by atoms with Gasteiger partial charge in [-0.05, 0) is 56.0 Å². The van der Waals surface area contributed by atoms with E-state index >= 15 is 0 Å². The van der Waals surface area contributed by atoms with E-state index in [0.717, 1.165) is 19.0 Å². The van der Waals surface area contributed by atoms with E-state index in [1.54, 1.807) is 0 Å². The molecule has 4 unspecified atom stereocenters. The molecule has 21 heavy (non-hydrogen) atoms. The molecule has 0 aromatic rings. The summed E-state index contributed by atoms with van der Waals surface area (Å²) in [5.41, 5.74) is 0.435. The Morgan fingerprint density at radius 1 is 1.29 bits per heavy atom. The maximum atomic E-state index is 9.73. The molecule has 0 aromatic heterocycles. The summed E-state index contributed by atoms with van der Waals surface area (Å²) in [7, 11) is 0. The largest absolute Gasteiger partial charge is 0.395 e. The average Bonchev–Trinajstić information content (AvgIpc) is 2.79. The first-order valence-electron chi connectivity index (χ1n) is 9.16. The SMILES string of the molecule is CCCNCC1(CN2CCC(C)C2CO)CCCC(C)C1. The normalized spacial score (nSPS) is 38.0. The average molecular weight is 296 g/mol. The Hall–Kier alpha value is -0.120. The monoisotopic (exact) mass is 296 g/mol. The third-order valence-electron chi connectivity index (χ3n) is 5.84. The lowest BCUT2D eigenvalue weighted by Gasteiger charge is -2.44. The van der Waals surface area contributed by atoms with Crippen molar-refractivity contribution < 1.29 is 5.11 Å². The number of aliphatic hydroxyl groups is 1. The van der Waals surface area contributed by atoms with Gasteiger partial charge in [0.25, 0.3) is 0 Å². The first-order chi connectivity index (χ1) is 10.1. The maximum absolute atomic E-state index is 9.73. The summed E-state index contributed by atoms with van der Waals surface area (Å²) in [5.74, 6) is 1.51. The van der Waals surface area contributed by atoms with Gasteiger partial charge < -0.3 is 10.4 Å². The molecular formula is C18H36N2O.